The fourth-order valence-corrected chi connectivity index (χ4v) is 4.42. The maximum Gasteiger partial charge on any atom is 0.262 e. The van der Waals surface area contributed by atoms with E-state index in [0.717, 1.165) is 12.8 Å². The van der Waals surface area contributed by atoms with E-state index in [9.17, 15) is 9.59 Å². The highest BCUT2D eigenvalue weighted by atomic mass is 35.5. The third-order valence-electron chi connectivity index (χ3n) is 5.00. The molecule has 0 saturated carbocycles. The Labute approximate surface area is 183 Å². The molecule has 156 valence electrons. The number of nitrogens with one attached hydrogen (secondary N) is 1. The first-order valence-electron chi connectivity index (χ1n) is 9.85. The zero-order valence-corrected chi connectivity index (χ0v) is 18.1. The highest BCUT2D eigenvalue weighted by Gasteiger charge is 2.23. The van der Waals surface area contributed by atoms with Crippen molar-refractivity contribution in [3.05, 3.63) is 63.9 Å². The summed E-state index contributed by atoms with van der Waals surface area (Å²) in [5, 5.41) is 4.12. The Morgan fingerprint density at radius 3 is 2.80 bits per heavy atom. The van der Waals surface area contributed by atoms with Crippen LogP contribution in [0.3, 0.4) is 0 Å². The third-order valence-corrected chi connectivity index (χ3v) is 6.34. The summed E-state index contributed by atoms with van der Waals surface area (Å²) in [6, 6.07) is 14.2. The van der Waals surface area contributed by atoms with Crippen LogP contribution in [-0.2, 0) is 16.1 Å². The van der Waals surface area contributed by atoms with Gasteiger partial charge in [-0.05, 0) is 56.2 Å². The van der Waals surface area contributed by atoms with Gasteiger partial charge in [-0.3, -0.25) is 14.2 Å². The summed E-state index contributed by atoms with van der Waals surface area (Å²) in [5.41, 5.74) is 1.18. The first-order chi connectivity index (χ1) is 14.5. The van der Waals surface area contributed by atoms with Crippen LogP contribution in [0.15, 0.2) is 58.5 Å². The number of thioether (sulfide) groups is 1. The van der Waals surface area contributed by atoms with Gasteiger partial charge in [-0.1, -0.05) is 35.5 Å². The van der Waals surface area contributed by atoms with Crippen LogP contribution in [-0.4, -0.2) is 33.4 Å². The lowest BCUT2D eigenvalue weighted by atomic mass is 10.2. The van der Waals surface area contributed by atoms with Crippen molar-refractivity contribution in [2.24, 2.45) is 0 Å². The minimum atomic E-state index is -0.454. The Kier molecular flexibility index (Phi) is 6.41. The molecule has 0 radical (unpaired) electrons. The topological polar surface area (TPSA) is 73.2 Å². The Bertz CT molecular complexity index is 1110. The zero-order chi connectivity index (χ0) is 21.1. The number of fused-ring (bicyclic) bond motifs is 1. The lowest BCUT2D eigenvalue weighted by molar-refractivity contribution is -0.115. The summed E-state index contributed by atoms with van der Waals surface area (Å²) < 4.78 is 7.38. The summed E-state index contributed by atoms with van der Waals surface area (Å²) in [5.74, 6) is -0.173. The van der Waals surface area contributed by atoms with E-state index in [-0.39, 0.29) is 17.6 Å². The molecule has 0 spiro atoms. The second-order valence-electron chi connectivity index (χ2n) is 7.22. The molecule has 4 rings (SSSR count). The van der Waals surface area contributed by atoms with Gasteiger partial charge in [0.05, 0.1) is 28.8 Å². The maximum absolute atomic E-state index is 13.2. The normalized spacial score (nSPS) is 17.2. The number of rotatable bonds is 6. The number of amides is 1. The van der Waals surface area contributed by atoms with E-state index >= 15 is 0 Å². The van der Waals surface area contributed by atoms with Crippen LogP contribution in [0.4, 0.5) is 5.69 Å². The lowest BCUT2D eigenvalue weighted by Gasteiger charge is -2.18. The summed E-state index contributed by atoms with van der Waals surface area (Å²) in [6.45, 7) is 2.95. The summed E-state index contributed by atoms with van der Waals surface area (Å²) in [6.07, 6.45) is 1.89. The van der Waals surface area contributed by atoms with Crippen molar-refractivity contribution in [2.75, 3.05) is 11.9 Å². The minimum absolute atomic E-state index is 0.0109. The van der Waals surface area contributed by atoms with Crippen LogP contribution in [0.2, 0.25) is 5.02 Å². The fraction of sp³-hybridized carbons (Fsp3) is 0.318. The van der Waals surface area contributed by atoms with Gasteiger partial charge in [-0.15, -0.1) is 0 Å². The highest BCUT2D eigenvalue weighted by molar-refractivity contribution is 8.00. The van der Waals surface area contributed by atoms with Crippen molar-refractivity contribution in [3.63, 3.8) is 0 Å². The number of carbonyl (C=O) groups excluding carboxylic acids is 1. The molecule has 0 unspecified atom stereocenters. The van der Waals surface area contributed by atoms with Gasteiger partial charge in [0.25, 0.3) is 5.56 Å². The second kappa shape index (κ2) is 9.20. The van der Waals surface area contributed by atoms with Gasteiger partial charge in [0.1, 0.15) is 0 Å². The number of hydrogen-bond donors (Lipinski definition) is 1. The molecular formula is C22H22ClN3O3S. The van der Waals surface area contributed by atoms with Crippen LogP contribution in [0.25, 0.3) is 10.9 Å². The van der Waals surface area contributed by atoms with Gasteiger partial charge < -0.3 is 10.1 Å². The summed E-state index contributed by atoms with van der Waals surface area (Å²) in [4.78, 5) is 30.5. The number of para-hydroxylation sites is 1. The molecular weight excluding hydrogens is 422 g/mol. The van der Waals surface area contributed by atoms with E-state index in [0.29, 0.717) is 39.9 Å². The fourth-order valence-electron chi connectivity index (χ4n) is 3.38. The molecule has 8 heteroatoms. The molecule has 1 aliphatic heterocycles. The first-order valence-corrected chi connectivity index (χ1v) is 11.1. The van der Waals surface area contributed by atoms with Crippen LogP contribution in [0, 0.1) is 0 Å². The number of ether oxygens (including phenoxy) is 1. The average molecular weight is 444 g/mol. The van der Waals surface area contributed by atoms with E-state index in [4.69, 9.17) is 21.3 Å². The summed E-state index contributed by atoms with van der Waals surface area (Å²) >= 11 is 7.17. The Morgan fingerprint density at radius 2 is 2.07 bits per heavy atom. The van der Waals surface area contributed by atoms with Gasteiger partial charge in [-0.25, -0.2) is 4.98 Å². The van der Waals surface area contributed by atoms with Gasteiger partial charge in [0.2, 0.25) is 5.91 Å². The standard InChI is InChI=1S/C22H22ClN3O3S/c1-14(20(27)24-16-10-8-15(23)9-11-16)30-22-25-19-7-3-2-6-18(19)21(28)26(22)13-17-5-4-12-29-17/h2-3,6-11,14,17H,4-5,12-13H2,1H3,(H,24,27)/t14-,17+/m0/s1. The molecule has 1 amide bonds. The van der Waals surface area contributed by atoms with E-state index in [1.807, 2.05) is 18.2 Å². The van der Waals surface area contributed by atoms with E-state index in [1.165, 1.54) is 11.8 Å². The Morgan fingerprint density at radius 1 is 1.30 bits per heavy atom. The van der Waals surface area contributed by atoms with Crippen molar-refractivity contribution in [1.29, 1.82) is 0 Å². The average Bonchev–Trinajstić information content (AvgIpc) is 3.26. The third kappa shape index (κ3) is 4.69. The molecule has 2 atom stereocenters. The lowest BCUT2D eigenvalue weighted by Crippen LogP contribution is -2.30. The number of benzene rings is 2. The Hall–Kier alpha value is -2.35. The first kappa shape index (κ1) is 20.9. The Balaban J connectivity index is 1.60. The predicted molar refractivity (Wildman–Crippen MR) is 120 cm³/mol. The molecule has 2 aromatic carbocycles. The number of aromatic nitrogens is 2. The molecule has 6 nitrogen and oxygen atoms in total. The molecule has 1 aliphatic rings. The van der Waals surface area contributed by atoms with E-state index in [2.05, 4.69) is 5.32 Å². The van der Waals surface area contributed by atoms with Crippen molar-refractivity contribution in [2.45, 2.75) is 42.8 Å². The van der Waals surface area contributed by atoms with Crippen molar-refractivity contribution in [3.8, 4) is 0 Å². The molecule has 3 aromatic rings. The highest BCUT2D eigenvalue weighted by Crippen LogP contribution is 2.25. The number of anilines is 1. The predicted octanol–water partition coefficient (Wildman–Crippen LogP) is 4.35. The molecule has 1 N–H and O–H groups in total. The molecule has 1 fully saturated rings. The van der Waals surface area contributed by atoms with Crippen molar-refractivity contribution < 1.29 is 9.53 Å². The van der Waals surface area contributed by atoms with Crippen LogP contribution >= 0.6 is 23.4 Å². The number of halogens is 1. The monoisotopic (exact) mass is 443 g/mol. The largest absolute Gasteiger partial charge is 0.376 e. The maximum atomic E-state index is 13.2. The quantitative estimate of drug-likeness (QED) is 0.453. The van der Waals surface area contributed by atoms with Gasteiger partial charge >= 0.3 is 0 Å². The van der Waals surface area contributed by atoms with Crippen LogP contribution in [0.5, 0.6) is 0 Å². The SMILES string of the molecule is C[C@H](Sc1nc2ccccc2c(=O)n1C[C@H]1CCCO1)C(=O)Nc1ccc(Cl)cc1. The molecule has 2 heterocycles. The molecule has 0 aliphatic carbocycles. The van der Waals surface area contributed by atoms with Gasteiger partial charge in [0.15, 0.2) is 5.16 Å². The van der Waals surface area contributed by atoms with Crippen molar-refractivity contribution in [1.82, 2.24) is 9.55 Å². The van der Waals surface area contributed by atoms with Crippen LogP contribution in [0.1, 0.15) is 19.8 Å². The van der Waals surface area contributed by atoms with Crippen molar-refractivity contribution >= 4 is 45.9 Å². The number of carbonyl (C=O) groups is 1. The molecule has 1 saturated heterocycles. The minimum Gasteiger partial charge on any atom is -0.376 e. The van der Waals surface area contributed by atoms with Gasteiger partial charge in [0, 0.05) is 17.3 Å². The van der Waals surface area contributed by atoms with Gasteiger partial charge in [-0.2, -0.15) is 0 Å². The summed E-state index contributed by atoms with van der Waals surface area (Å²) in [7, 11) is 0. The smallest absolute Gasteiger partial charge is 0.262 e. The molecule has 1 aromatic heterocycles. The zero-order valence-electron chi connectivity index (χ0n) is 16.5. The van der Waals surface area contributed by atoms with E-state index in [1.54, 1.807) is 41.8 Å². The van der Waals surface area contributed by atoms with E-state index < -0.39 is 5.25 Å². The molecule has 0 bridgehead atoms. The number of nitrogens with zero attached hydrogens (tertiary/aromatic N) is 2. The second-order valence-corrected chi connectivity index (χ2v) is 8.96. The molecule has 30 heavy (non-hydrogen) atoms. The van der Waals surface area contributed by atoms with Crippen LogP contribution < -0.4 is 10.9 Å². The number of hydrogen-bond acceptors (Lipinski definition) is 5.